The van der Waals surface area contributed by atoms with Gasteiger partial charge in [-0.2, -0.15) is 0 Å². The number of amides is 2. The van der Waals surface area contributed by atoms with E-state index in [1.54, 1.807) is 0 Å². The molecule has 1 aliphatic rings. The number of nitrogens with one attached hydrogen (secondary N) is 1. The molecule has 3 aromatic rings. The van der Waals surface area contributed by atoms with Crippen LogP contribution in [-0.4, -0.2) is 11.8 Å². The highest BCUT2D eigenvalue weighted by atomic mass is 16.2. The third kappa shape index (κ3) is 3.77. The summed E-state index contributed by atoms with van der Waals surface area (Å²) >= 11 is 0. The maximum atomic E-state index is 13.2. The van der Waals surface area contributed by atoms with Crippen LogP contribution in [0.2, 0.25) is 0 Å². The lowest BCUT2D eigenvalue weighted by Crippen LogP contribution is -2.42. The monoisotopic (exact) mass is 425 g/mol. The molecule has 0 aromatic heterocycles. The van der Waals surface area contributed by atoms with Gasteiger partial charge in [-0.3, -0.25) is 14.9 Å². The Kier molecular flexibility index (Phi) is 6.27. The Morgan fingerprint density at radius 3 is 1.25 bits per heavy atom. The number of aryl methyl sites for hydroxylation is 3. The molecule has 32 heavy (non-hydrogen) atoms. The SMILES string of the molecule is CCc1ccc(C(c2ccc(CC)cc2)(c2ccc(CC)cc2)C2CC(=O)NC2=O)cc1. The minimum Gasteiger partial charge on any atom is -0.296 e. The fourth-order valence-corrected chi connectivity index (χ4v) is 5.02. The summed E-state index contributed by atoms with van der Waals surface area (Å²) in [4.78, 5) is 25.6. The van der Waals surface area contributed by atoms with Gasteiger partial charge in [0.25, 0.3) is 0 Å². The molecule has 3 aromatic carbocycles. The van der Waals surface area contributed by atoms with Crippen LogP contribution in [-0.2, 0) is 34.3 Å². The number of hydrogen-bond donors (Lipinski definition) is 1. The van der Waals surface area contributed by atoms with Crippen LogP contribution in [0.4, 0.5) is 0 Å². The van der Waals surface area contributed by atoms with Gasteiger partial charge in [0.15, 0.2) is 0 Å². The van der Waals surface area contributed by atoms with E-state index in [2.05, 4.69) is 98.9 Å². The lowest BCUT2D eigenvalue weighted by Gasteiger charge is -2.40. The number of imide groups is 1. The third-order valence-corrected chi connectivity index (χ3v) is 6.94. The molecule has 1 heterocycles. The average Bonchev–Trinajstić information content (AvgIpc) is 3.18. The van der Waals surface area contributed by atoms with Gasteiger partial charge in [-0.15, -0.1) is 0 Å². The fourth-order valence-electron chi connectivity index (χ4n) is 5.02. The van der Waals surface area contributed by atoms with Gasteiger partial charge in [-0.05, 0) is 52.6 Å². The van der Waals surface area contributed by atoms with Gasteiger partial charge in [0.05, 0.1) is 11.3 Å². The van der Waals surface area contributed by atoms with Crippen LogP contribution >= 0.6 is 0 Å². The van der Waals surface area contributed by atoms with Gasteiger partial charge in [-0.1, -0.05) is 93.6 Å². The maximum Gasteiger partial charge on any atom is 0.231 e. The summed E-state index contributed by atoms with van der Waals surface area (Å²) in [6.07, 6.45) is 3.03. The summed E-state index contributed by atoms with van der Waals surface area (Å²) in [6, 6.07) is 25.6. The molecule has 1 saturated heterocycles. The summed E-state index contributed by atoms with van der Waals surface area (Å²) in [5.74, 6) is -0.916. The molecule has 2 amide bonds. The molecule has 0 spiro atoms. The second-order valence-electron chi connectivity index (χ2n) is 8.63. The number of hydrogen-bond acceptors (Lipinski definition) is 2. The molecule has 1 unspecified atom stereocenters. The van der Waals surface area contributed by atoms with E-state index in [-0.39, 0.29) is 18.2 Å². The molecule has 0 bridgehead atoms. The van der Waals surface area contributed by atoms with Gasteiger partial charge in [-0.25, -0.2) is 0 Å². The summed E-state index contributed by atoms with van der Waals surface area (Å²) < 4.78 is 0. The molecule has 3 heteroatoms. The van der Waals surface area contributed by atoms with Crippen molar-refractivity contribution in [1.29, 1.82) is 0 Å². The topological polar surface area (TPSA) is 46.2 Å². The van der Waals surface area contributed by atoms with E-state index in [4.69, 9.17) is 0 Å². The van der Waals surface area contributed by atoms with Crippen molar-refractivity contribution >= 4 is 11.8 Å². The summed E-state index contributed by atoms with van der Waals surface area (Å²) in [6.45, 7) is 6.41. The zero-order valence-electron chi connectivity index (χ0n) is 19.2. The number of carbonyl (C=O) groups excluding carboxylic acids is 2. The summed E-state index contributed by atoms with van der Waals surface area (Å²) in [7, 11) is 0. The number of rotatable bonds is 7. The first-order chi connectivity index (χ1) is 15.5. The number of benzene rings is 3. The van der Waals surface area contributed by atoms with Crippen molar-refractivity contribution in [1.82, 2.24) is 5.32 Å². The van der Waals surface area contributed by atoms with Crippen LogP contribution in [0.5, 0.6) is 0 Å². The Morgan fingerprint density at radius 2 is 1.00 bits per heavy atom. The smallest absolute Gasteiger partial charge is 0.231 e. The Hall–Kier alpha value is -3.20. The van der Waals surface area contributed by atoms with Crippen molar-refractivity contribution in [3.05, 3.63) is 106 Å². The predicted molar refractivity (Wildman–Crippen MR) is 129 cm³/mol. The van der Waals surface area contributed by atoms with E-state index in [0.717, 1.165) is 36.0 Å². The van der Waals surface area contributed by atoms with E-state index >= 15 is 0 Å². The predicted octanol–water partition coefficient (Wildman–Crippen LogP) is 5.37. The van der Waals surface area contributed by atoms with Crippen LogP contribution in [0.25, 0.3) is 0 Å². The highest BCUT2D eigenvalue weighted by molar-refractivity contribution is 6.05. The first-order valence-corrected chi connectivity index (χ1v) is 11.6. The Labute approximate surface area is 190 Å². The Morgan fingerprint density at radius 1 is 0.656 bits per heavy atom. The van der Waals surface area contributed by atoms with Gasteiger partial charge in [0, 0.05) is 6.42 Å². The van der Waals surface area contributed by atoms with Crippen LogP contribution < -0.4 is 5.32 Å². The van der Waals surface area contributed by atoms with Crippen molar-refractivity contribution in [3.8, 4) is 0 Å². The van der Waals surface area contributed by atoms with Crippen molar-refractivity contribution in [3.63, 3.8) is 0 Å². The van der Waals surface area contributed by atoms with Crippen LogP contribution in [0.1, 0.15) is 60.6 Å². The number of carbonyl (C=O) groups is 2. The highest BCUT2D eigenvalue weighted by Gasteiger charge is 2.51. The molecule has 1 aliphatic heterocycles. The lowest BCUT2D eigenvalue weighted by molar-refractivity contribution is -0.126. The summed E-state index contributed by atoms with van der Waals surface area (Å²) in [5, 5.41) is 2.57. The third-order valence-electron chi connectivity index (χ3n) is 6.94. The molecule has 0 saturated carbocycles. The van der Waals surface area contributed by atoms with E-state index in [9.17, 15) is 9.59 Å². The normalized spacial score (nSPS) is 16.3. The maximum absolute atomic E-state index is 13.2. The summed E-state index contributed by atoms with van der Waals surface area (Å²) in [5.41, 5.74) is 6.11. The van der Waals surface area contributed by atoms with E-state index in [1.165, 1.54) is 16.7 Å². The van der Waals surface area contributed by atoms with Crippen LogP contribution in [0.3, 0.4) is 0 Å². The second kappa shape index (κ2) is 9.12. The average molecular weight is 426 g/mol. The molecule has 0 aliphatic carbocycles. The van der Waals surface area contributed by atoms with Crippen LogP contribution in [0, 0.1) is 5.92 Å². The minimum absolute atomic E-state index is 0.180. The molecule has 164 valence electrons. The van der Waals surface area contributed by atoms with Crippen molar-refractivity contribution in [2.75, 3.05) is 0 Å². The Bertz CT molecular complexity index is 980. The van der Waals surface area contributed by atoms with Crippen molar-refractivity contribution in [2.24, 2.45) is 5.92 Å². The van der Waals surface area contributed by atoms with Gasteiger partial charge < -0.3 is 0 Å². The quantitative estimate of drug-likeness (QED) is 0.409. The molecular formula is C29H31NO2. The largest absolute Gasteiger partial charge is 0.296 e. The zero-order chi connectivity index (χ0) is 22.7. The molecular weight excluding hydrogens is 394 g/mol. The second-order valence-corrected chi connectivity index (χ2v) is 8.63. The first kappa shape index (κ1) is 22.0. The Balaban J connectivity index is 2.03. The van der Waals surface area contributed by atoms with Gasteiger partial charge >= 0.3 is 0 Å². The highest BCUT2D eigenvalue weighted by Crippen LogP contribution is 2.48. The standard InChI is InChI=1S/C29H31NO2/c1-4-20-7-13-23(14-8-20)29(26-19-27(31)30-28(26)32,24-15-9-21(5-2)10-16-24)25-17-11-22(6-3)12-18-25/h7-18,26H,4-6,19H2,1-3H3,(H,30,31,32). The fraction of sp³-hybridized carbons (Fsp3) is 0.310. The molecule has 0 radical (unpaired) electrons. The molecule has 4 rings (SSSR count). The molecule has 1 fully saturated rings. The van der Waals surface area contributed by atoms with Crippen molar-refractivity contribution in [2.45, 2.75) is 51.9 Å². The van der Waals surface area contributed by atoms with E-state index in [0.29, 0.717) is 0 Å². The minimum atomic E-state index is -0.749. The van der Waals surface area contributed by atoms with Crippen LogP contribution in [0.15, 0.2) is 72.8 Å². The van der Waals surface area contributed by atoms with Crippen molar-refractivity contribution < 1.29 is 9.59 Å². The molecule has 1 atom stereocenters. The lowest BCUT2D eigenvalue weighted by atomic mass is 9.61. The first-order valence-electron chi connectivity index (χ1n) is 11.6. The van der Waals surface area contributed by atoms with Gasteiger partial charge in [0.2, 0.25) is 11.8 Å². The van der Waals surface area contributed by atoms with Gasteiger partial charge in [0.1, 0.15) is 0 Å². The van der Waals surface area contributed by atoms with E-state index in [1.807, 2.05) is 0 Å². The van der Waals surface area contributed by atoms with E-state index < -0.39 is 11.3 Å². The zero-order valence-corrected chi connectivity index (χ0v) is 19.2. The molecule has 3 nitrogen and oxygen atoms in total. The molecule has 1 N–H and O–H groups in total.